The van der Waals surface area contributed by atoms with Crippen LogP contribution in [0.2, 0.25) is 10.0 Å². The van der Waals surface area contributed by atoms with Crippen LogP contribution in [0.15, 0.2) is 59.1 Å². The number of nitrogens with one attached hydrogen (secondary N) is 2. The van der Waals surface area contributed by atoms with Gasteiger partial charge in [-0.25, -0.2) is 4.79 Å². The Morgan fingerprint density at radius 2 is 1.57 bits per heavy atom. The van der Waals surface area contributed by atoms with E-state index < -0.39 is 0 Å². The molecule has 0 saturated heterocycles. The number of unbranched alkanes of at least 4 members (excludes halogenated alkanes) is 2. The normalized spacial score (nSPS) is 14.3. The van der Waals surface area contributed by atoms with E-state index in [4.69, 9.17) is 38.4 Å². The van der Waals surface area contributed by atoms with Gasteiger partial charge in [-0.15, -0.1) is 0 Å². The third-order valence-corrected chi connectivity index (χ3v) is 9.99. The van der Waals surface area contributed by atoms with Crippen LogP contribution in [-0.2, 0) is 27.2 Å². The summed E-state index contributed by atoms with van der Waals surface area (Å²) in [5.74, 6) is -0.701. The molecule has 0 bridgehead atoms. The summed E-state index contributed by atoms with van der Waals surface area (Å²) in [7, 11) is 0. The van der Waals surface area contributed by atoms with Crippen LogP contribution in [0.5, 0.6) is 0 Å². The summed E-state index contributed by atoms with van der Waals surface area (Å²) >= 11 is 16.1. The van der Waals surface area contributed by atoms with E-state index in [-0.39, 0.29) is 30.5 Å². The largest absolute Gasteiger partial charge is 0.465 e. The summed E-state index contributed by atoms with van der Waals surface area (Å²) in [5, 5.41) is 8.00. The Balaban J connectivity index is 1.18. The summed E-state index contributed by atoms with van der Waals surface area (Å²) in [4.78, 5) is 25.4. The number of nitrogen functional groups attached to an aromatic ring is 1. The molecule has 3 aromatic carbocycles. The van der Waals surface area contributed by atoms with E-state index in [1.165, 1.54) is 25.7 Å². The van der Waals surface area contributed by atoms with E-state index in [0.29, 0.717) is 57.4 Å². The summed E-state index contributed by atoms with van der Waals surface area (Å²) in [5.41, 5.74) is 10.6. The zero-order valence-electron chi connectivity index (χ0n) is 26.4. The van der Waals surface area contributed by atoms with Gasteiger partial charge in [0.05, 0.1) is 46.6 Å². The molecule has 0 radical (unpaired) electrons. The first-order chi connectivity index (χ1) is 22.2. The number of hydrogen-bond acceptors (Lipinski definition) is 7. The van der Waals surface area contributed by atoms with E-state index in [2.05, 4.69) is 33.5 Å². The number of benzene rings is 3. The lowest BCUT2D eigenvalue weighted by Gasteiger charge is -2.33. The second kappa shape index (κ2) is 17.9. The van der Waals surface area contributed by atoms with Crippen LogP contribution in [0.1, 0.15) is 92.6 Å². The molecule has 7 nitrogen and oxygen atoms in total. The summed E-state index contributed by atoms with van der Waals surface area (Å²) in [6.07, 6.45) is 10.6. The van der Waals surface area contributed by atoms with Crippen LogP contribution in [0.25, 0.3) is 0 Å². The Hall–Kier alpha value is -2.78. The third-order valence-electron chi connectivity index (χ3n) is 8.70. The van der Waals surface area contributed by atoms with Gasteiger partial charge in [-0.1, -0.05) is 80.1 Å². The Labute approximate surface area is 291 Å². The summed E-state index contributed by atoms with van der Waals surface area (Å²) < 4.78 is 11.7. The number of anilines is 3. The van der Waals surface area contributed by atoms with Gasteiger partial charge in [0, 0.05) is 22.2 Å². The molecule has 0 amide bonds. The zero-order valence-corrected chi connectivity index (χ0v) is 29.5. The quantitative estimate of drug-likeness (QED) is 0.0619. The molecule has 10 heteroatoms. The van der Waals surface area contributed by atoms with E-state index in [1.54, 1.807) is 24.3 Å². The van der Waals surface area contributed by atoms with Crippen molar-refractivity contribution in [2.75, 3.05) is 24.3 Å². The number of nitrogens with two attached hydrogens (primary N) is 1. The summed E-state index contributed by atoms with van der Waals surface area (Å²) in [6, 6.07) is 16.3. The number of hydrogen-bond donors (Lipinski definition) is 3. The fourth-order valence-corrected chi connectivity index (χ4v) is 6.85. The topological polar surface area (TPSA) is 103 Å². The number of para-hydroxylation sites is 2. The highest BCUT2D eigenvalue weighted by Crippen LogP contribution is 2.34. The van der Waals surface area contributed by atoms with Crippen LogP contribution < -0.4 is 16.4 Å². The van der Waals surface area contributed by atoms with E-state index in [9.17, 15) is 9.59 Å². The van der Waals surface area contributed by atoms with Gasteiger partial charge in [0.25, 0.3) is 0 Å². The van der Waals surface area contributed by atoms with Gasteiger partial charge >= 0.3 is 11.9 Å². The van der Waals surface area contributed by atoms with Gasteiger partial charge in [0.1, 0.15) is 0 Å². The van der Waals surface area contributed by atoms with Gasteiger partial charge in [0.15, 0.2) is 0 Å². The Morgan fingerprint density at radius 1 is 0.891 bits per heavy atom. The lowest BCUT2D eigenvalue weighted by molar-refractivity contribution is -0.142. The standard InChI is InChI=1S/C36H44BrCl2N3O4/c1-2-36(17-8-3-4-9-18-36)41-24-27-21-26(22-28(37)33(27)40)35(44)46-20-11-5-10-19-45-32(43)23-25-13-6-7-16-31(25)42-34-29(38)14-12-15-30(34)39/h6-7,12-16,21-22,41-42H,2-5,8-11,17-20,23-24,40H2,1H3. The maximum absolute atomic E-state index is 12.9. The van der Waals surface area contributed by atoms with Crippen molar-refractivity contribution in [1.29, 1.82) is 0 Å². The minimum atomic E-state index is -0.376. The average Bonchev–Trinajstić information content (AvgIpc) is 3.30. The molecule has 4 N–H and O–H groups in total. The molecule has 46 heavy (non-hydrogen) atoms. The first kappa shape index (κ1) is 36.1. The molecular weight excluding hydrogens is 689 g/mol. The summed E-state index contributed by atoms with van der Waals surface area (Å²) in [6.45, 7) is 3.43. The number of rotatable bonds is 15. The van der Waals surface area contributed by atoms with Gasteiger partial charge < -0.3 is 25.8 Å². The molecule has 0 atom stereocenters. The van der Waals surface area contributed by atoms with Gasteiger partial charge in [0.2, 0.25) is 0 Å². The van der Waals surface area contributed by atoms with E-state index >= 15 is 0 Å². The molecule has 0 heterocycles. The Bertz CT molecular complexity index is 1460. The molecule has 1 fully saturated rings. The molecule has 0 unspecified atom stereocenters. The molecule has 248 valence electrons. The number of esters is 2. The maximum Gasteiger partial charge on any atom is 0.338 e. The average molecular weight is 734 g/mol. The fourth-order valence-electron chi connectivity index (χ4n) is 5.85. The number of halogens is 3. The molecular formula is C36H44BrCl2N3O4. The van der Waals surface area contributed by atoms with Gasteiger partial charge in [-0.3, -0.25) is 4.79 Å². The van der Waals surface area contributed by atoms with Crippen molar-refractivity contribution in [3.63, 3.8) is 0 Å². The fraction of sp³-hybridized carbons (Fsp3) is 0.444. The molecule has 1 aliphatic carbocycles. The minimum absolute atomic E-state index is 0.108. The minimum Gasteiger partial charge on any atom is -0.465 e. The third kappa shape index (κ3) is 10.4. The van der Waals surface area contributed by atoms with Crippen molar-refractivity contribution >= 4 is 68.1 Å². The van der Waals surface area contributed by atoms with Crippen molar-refractivity contribution in [2.24, 2.45) is 0 Å². The van der Waals surface area contributed by atoms with Crippen molar-refractivity contribution in [3.8, 4) is 0 Å². The van der Waals surface area contributed by atoms with Crippen LogP contribution in [0.3, 0.4) is 0 Å². The molecule has 0 aromatic heterocycles. The number of carbonyl (C=O) groups excluding carboxylic acids is 2. The van der Waals surface area contributed by atoms with E-state index in [1.807, 2.05) is 30.3 Å². The molecule has 1 aliphatic rings. The smallest absolute Gasteiger partial charge is 0.338 e. The van der Waals surface area contributed by atoms with Crippen molar-refractivity contribution in [2.45, 2.75) is 89.6 Å². The van der Waals surface area contributed by atoms with Gasteiger partial charge in [-0.05, 0) is 95.9 Å². The van der Waals surface area contributed by atoms with Gasteiger partial charge in [-0.2, -0.15) is 0 Å². The zero-order chi connectivity index (χ0) is 32.9. The Kier molecular flexibility index (Phi) is 14.1. The van der Waals surface area contributed by atoms with Crippen molar-refractivity contribution < 1.29 is 19.1 Å². The maximum atomic E-state index is 12.9. The molecule has 1 saturated carbocycles. The molecule has 0 aliphatic heterocycles. The highest BCUT2D eigenvalue weighted by atomic mass is 79.9. The predicted molar refractivity (Wildman–Crippen MR) is 191 cm³/mol. The predicted octanol–water partition coefficient (Wildman–Crippen LogP) is 9.79. The van der Waals surface area contributed by atoms with Crippen molar-refractivity contribution in [1.82, 2.24) is 5.32 Å². The van der Waals surface area contributed by atoms with Crippen LogP contribution in [0, 0.1) is 0 Å². The molecule has 3 aromatic rings. The van der Waals surface area contributed by atoms with Crippen LogP contribution in [0.4, 0.5) is 17.1 Å². The number of ether oxygens (including phenoxy) is 2. The second-order valence-electron chi connectivity index (χ2n) is 11.9. The lowest BCUT2D eigenvalue weighted by Crippen LogP contribution is -2.43. The van der Waals surface area contributed by atoms with Crippen LogP contribution in [-0.4, -0.2) is 30.7 Å². The lowest BCUT2D eigenvalue weighted by atomic mass is 9.87. The second-order valence-corrected chi connectivity index (χ2v) is 13.6. The monoisotopic (exact) mass is 731 g/mol. The SMILES string of the molecule is CCC1(NCc2cc(C(=O)OCCCCCOC(=O)Cc3ccccc3Nc3c(Cl)cccc3Cl)cc(Br)c2N)CCCCCC1. The number of carbonyl (C=O) groups is 2. The molecule has 0 spiro atoms. The molecule has 4 rings (SSSR count). The highest BCUT2D eigenvalue weighted by Gasteiger charge is 2.28. The first-order valence-electron chi connectivity index (χ1n) is 16.2. The van der Waals surface area contributed by atoms with Crippen LogP contribution >= 0.6 is 39.1 Å². The Morgan fingerprint density at radius 3 is 2.26 bits per heavy atom. The van der Waals surface area contributed by atoms with E-state index in [0.717, 1.165) is 42.5 Å². The van der Waals surface area contributed by atoms with Crippen molar-refractivity contribution in [3.05, 3.63) is 85.8 Å². The highest BCUT2D eigenvalue weighted by molar-refractivity contribution is 9.10. The first-order valence-corrected chi connectivity index (χ1v) is 17.7.